The highest BCUT2D eigenvalue weighted by Gasteiger charge is 2.34. The third-order valence-electron chi connectivity index (χ3n) is 3.94. The topological polar surface area (TPSA) is 35.0 Å². The van der Waals surface area contributed by atoms with Crippen molar-refractivity contribution in [3.05, 3.63) is 0 Å². The quantitative estimate of drug-likeness (QED) is 0.377. The van der Waals surface area contributed by atoms with Crippen LogP contribution in [0.25, 0.3) is 0 Å². The van der Waals surface area contributed by atoms with E-state index < -0.39 is 7.26 Å². The van der Waals surface area contributed by atoms with Gasteiger partial charge in [-0.1, -0.05) is 53.4 Å². The van der Waals surface area contributed by atoms with Gasteiger partial charge in [-0.15, -0.1) is 17.0 Å². The lowest BCUT2D eigenvalue weighted by atomic mass is 10.4. The molecule has 0 fully saturated rings. The summed E-state index contributed by atoms with van der Waals surface area (Å²) in [5, 5.41) is 0. The molecule has 0 aromatic rings. The van der Waals surface area contributed by atoms with E-state index in [1.54, 1.807) is 24.6 Å². The van der Waals surface area contributed by atoms with Gasteiger partial charge in [-0.25, -0.2) is 0 Å². The van der Waals surface area contributed by atoms with Gasteiger partial charge in [0.25, 0.3) is 0 Å². The minimum Gasteiger partial charge on any atom is -0.344 e. The molecule has 0 aromatic carbocycles. The van der Waals surface area contributed by atoms with Crippen LogP contribution in [0.4, 0.5) is 0 Å². The minimum atomic E-state index is -0.562. The molecule has 3 heteroatoms. The van der Waals surface area contributed by atoms with E-state index in [0.717, 1.165) is 0 Å². The molecule has 1 nitrogen and oxygen atoms in total. The molecule has 120 valence electrons. The Labute approximate surface area is 134 Å². The Kier molecular flexibility index (Phi) is 22.1. The molecular formula is C16H40BrNP+. The molecule has 0 rings (SSSR count). The average molecular weight is 357 g/mol. The van der Waals surface area contributed by atoms with E-state index >= 15 is 0 Å². The predicted octanol–water partition coefficient (Wildman–Crippen LogP) is 6.94. The summed E-state index contributed by atoms with van der Waals surface area (Å²) in [6.45, 7) is 9.42. The van der Waals surface area contributed by atoms with Gasteiger partial charge >= 0.3 is 0 Å². The first-order valence-corrected chi connectivity index (χ1v) is 10.6. The summed E-state index contributed by atoms with van der Waals surface area (Å²) in [6, 6.07) is 0. The molecular weight excluding hydrogens is 317 g/mol. The van der Waals surface area contributed by atoms with E-state index in [-0.39, 0.29) is 23.1 Å². The van der Waals surface area contributed by atoms with Gasteiger partial charge < -0.3 is 6.15 Å². The Morgan fingerprint density at radius 2 is 0.737 bits per heavy atom. The molecule has 3 N–H and O–H groups in total. The summed E-state index contributed by atoms with van der Waals surface area (Å²) < 4.78 is 0. The molecule has 0 aliphatic rings. The second-order valence-electron chi connectivity index (χ2n) is 5.65. The lowest BCUT2D eigenvalue weighted by molar-refractivity contribution is 0.814. The van der Waals surface area contributed by atoms with Crippen molar-refractivity contribution in [3.63, 3.8) is 0 Å². The fourth-order valence-electron chi connectivity index (χ4n) is 2.64. The van der Waals surface area contributed by atoms with E-state index in [4.69, 9.17) is 0 Å². The molecule has 0 aliphatic heterocycles. The van der Waals surface area contributed by atoms with Gasteiger partial charge in [0.15, 0.2) is 0 Å². The van der Waals surface area contributed by atoms with Gasteiger partial charge in [0.1, 0.15) is 0 Å². The normalized spacial score (nSPS) is 10.7. The lowest BCUT2D eigenvalue weighted by Gasteiger charge is -2.28. The first-order chi connectivity index (χ1) is 8.24. The minimum absolute atomic E-state index is 0. The zero-order chi connectivity index (χ0) is 13.0. The first kappa shape index (κ1) is 24.9. The van der Waals surface area contributed by atoms with Gasteiger partial charge in [-0.3, -0.25) is 0 Å². The predicted molar refractivity (Wildman–Crippen MR) is 101 cm³/mol. The zero-order valence-corrected chi connectivity index (χ0v) is 16.7. The zero-order valence-electron chi connectivity index (χ0n) is 14.0. The third kappa shape index (κ3) is 12.3. The Hall–Kier alpha value is 0.870. The number of rotatable bonds is 12. The van der Waals surface area contributed by atoms with E-state index in [1.807, 2.05) is 0 Å². The lowest BCUT2D eigenvalue weighted by Crippen LogP contribution is -2.12. The molecule has 0 radical (unpaired) electrons. The van der Waals surface area contributed by atoms with Crippen molar-refractivity contribution in [2.24, 2.45) is 0 Å². The van der Waals surface area contributed by atoms with Crippen molar-refractivity contribution in [3.8, 4) is 0 Å². The van der Waals surface area contributed by atoms with Crippen molar-refractivity contribution in [2.45, 2.75) is 79.1 Å². The Morgan fingerprint density at radius 1 is 0.526 bits per heavy atom. The molecule has 0 saturated heterocycles. The molecule has 0 bridgehead atoms. The SMILES string of the molecule is Br.CCCC[P+](CCCC)(CCCC)CCCC.N. The molecule has 19 heavy (non-hydrogen) atoms. The van der Waals surface area contributed by atoms with Crippen molar-refractivity contribution in [1.82, 2.24) is 6.15 Å². The van der Waals surface area contributed by atoms with Crippen LogP contribution in [0.2, 0.25) is 0 Å². The summed E-state index contributed by atoms with van der Waals surface area (Å²) >= 11 is 0. The molecule has 0 saturated carbocycles. The molecule has 0 aromatic heterocycles. The fraction of sp³-hybridized carbons (Fsp3) is 1.00. The summed E-state index contributed by atoms with van der Waals surface area (Å²) in [5.41, 5.74) is 0. The molecule has 0 atom stereocenters. The first-order valence-electron chi connectivity index (χ1n) is 8.09. The smallest absolute Gasteiger partial charge is 0.0594 e. The Balaban J connectivity index is -0.00000128. The van der Waals surface area contributed by atoms with E-state index in [9.17, 15) is 0 Å². The monoisotopic (exact) mass is 356 g/mol. The fourth-order valence-corrected chi connectivity index (χ4v) is 7.93. The van der Waals surface area contributed by atoms with Gasteiger partial charge in [-0.05, 0) is 25.7 Å². The van der Waals surface area contributed by atoms with E-state index in [1.165, 1.54) is 51.4 Å². The van der Waals surface area contributed by atoms with Crippen LogP contribution < -0.4 is 6.15 Å². The van der Waals surface area contributed by atoms with Crippen LogP contribution in [0.3, 0.4) is 0 Å². The Morgan fingerprint density at radius 3 is 0.895 bits per heavy atom. The number of hydrogen-bond acceptors (Lipinski definition) is 1. The largest absolute Gasteiger partial charge is 0.344 e. The second-order valence-corrected chi connectivity index (χ2v) is 10.1. The van der Waals surface area contributed by atoms with Gasteiger partial charge in [0.2, 0.25) is 0 Å². The molecule has 0 amide bonds. The maximum atomic E-state index is 2.36. The summed E-state index contributed by atoms with van der Waals surface area (Å²) in [5.74, 6) is 0. The second kappa shape index (κ2) is 16.9. The summed E-state index contributed by atoms with van der Waals surface area (Å²) in [6.07, 6.45) is 17.9. The van der Waals surface area contributed by atoms with Gasteiger partial charge in [0.05, 0.1) is 24.6 Å². The average Bonchev–Trinajstić information content (AvgIpc) is 2.37. The highest BCUT2D eigenvalue weighted by Crippen LogP contribution is 2.61. The van der Waals surface area contributed by atoms with E-state index in [2.05, 4.69) is 27.7 Å². The maximum Gasteiger partial charge on any atom is 0.0594 e. The van der Waals surface area contributed by atoms with Gasteiger partial charge in [0, 0.05) is 7.26 Å². The standard InChI is InChI=1S/C16H36P.BrH.H3N/c1-5-9-13-17(14-10-6-2,15-11-7-3)16-12-8-4;;/h5-16H2,1-4H3;1H;1H3/q+1;;. The summed E-state index contributed by atoms with van der Waals surface area (Å²) in [7, 11) is -0.562. The number of halogens is 1. The third-order valence-corrected chi connectivity index (χ3v) is 9.00. The summed E-state index contributed by atoms with van der Waals surface area (Å²) in [4.78, 5) is 0. The number of unbranched alkanes of at least 4 members (excludes halogenated alkanes) is 4. The van der Waals surface area contributed by atoms with Crippen LogP contribution >= 0.6 is 24.2 Å². The van der Waals surface area contributed by atoms with Crippen LogP contribution in [0.15, 0.2) is 0 Å². The van der Waals surface area contributed by atoms with Crippen molar-refractivity contribution >= 4 is 24.2 Å². The van der Waals surface area contributed by atoms with Crippen LogP contribution in [-0.4, -0.2) is 24.6 Å². The van der Waals surface area contributed by atoms with Crippen LogP contribution in [0, 0.1) is 0 Å². The van der Waals surface area contributed by atoms with Crippen molar-refractivity contribution in [1.29, 1.82) is 0 Å². The maximum absolute atomic E-state index is 2.36. The molecule has 0 heterocycles. The van der Waals surface area contributed by atoms with Gasteiger partial charge in [-0.2, -0.15) is 0 Å². The number of hydrogen-bond donors (Lipinski definition) is 1. The van der Waals surface area contributed by atoms with Crippen molar-refractivity contribution < 1.29 is 0 Å². The highest BCUT2D eigenvalue weighted by molar-refractivity contribution is 8.93. The molecule has 0 aliphatic carbocycles. The van der Waals surface area contributed by atoms with Crippen molar-refractivity contribution in [2.75, 3.05) is 24.6 Å². The Bertz CT molecular complexity index is 127. The molecule has 0 spiro atoms. The highest BCUT2D eigenvalue weighted by atomic mass is 79.9. The van der Waals surface area contributed by atoms with Crippen LogP contribution in [0.1, 0.15) is 79.1 Å². The van der Waals surface area contributed by atoms with Crippen LogP contribution in [0.5, 0.6) is 0 Å². The van der Waals surface area contributed by atoms with E-state index in [0.29, 0.717) is 0 Å². The van der Waals surface area contributed by atoms with Crippen LogP contribution in [-0.2, 0) is 0 Å². The molecule has 0 unspecified atom stereocenters.